The minimum atomic E-state index is -0.497. The maximum atomic E-state index is 11.0. The molecule has 0 unspecified atom stereocenters. The van der Waals surface area contributed by atoms with Gasteiger partial charge in [-0.15, -0.1) is 0 Å². The molecule has 4 nitrogen and oxygen atoms in total. The summed E-state index contributed by atoms with van der Waals surface area (Å²) in [6.07, 6.45) is 0.720. The molecule has 2 aromatic rings. The van der Waals surface area contributed by atoms with Gasteiger partial charge in [-0.1, -0.05) is 15.9 Å². The van der Waals surface area contributed by atoms with Gasteiger partial charge in [0, 0.05) is 10.0 Å². The molecule has 0 aromatic heterocycles. The van der Waals surface area contributed by atoms with Crippen molar-refractivity contribution in [1.82, 2.24) is 0 Å². The Hall–Kier alpha value is -2.14. The highest BCUT2D eigenvalue weighted by molar-refractivity contribution is 9.10. The third-order valence-electron chi connectivity index (χ3n) is 2.47. The number of carbonyl (C=O) groups excluding carboxylic acids is 2. The fraction of sp³-hybridized carbons (Fsp3) is 0. The first kappa shape index (κ1) is 13.3. The molecule has 5 heteroatoms. The van der Waals surface area contributed by atoms with Gasteiger partial charge < -0.3 is 10.5 Å². The predicted molar refractivity (Wildman–Crippen MR) is 74.6 cm³/mol. The van der Waals surface area contributed by atoms with E-state index in [1.165, 1.54) is 0 Å². The van der Waals surface area contributed by atoms with Crippen molar-refractivity contribution in [3.05, 3.63) is 58.1 Å². The third kappa shape index (κ3) is 3.20. The lowest BCUT2D eigenvalue weighted by Gasteiger charge is -2.08. The van der Waals surface area contributed by atoms with Crippen LogP contribution in [-0.2, 0) is 0 Å². The van der Waals surface area contributed by atoms with Gasteiger partial charge in [-0.3, -0.25) is 9.59 Å². The highest BCUT2D eigenvalue weighted by atomic mass is 79.9. The Balaban J connectivity index is 2.26. The van der Waals surface area contributed by atoms with Crippen LogP contribution < -0.4 is 10.5 Å². The highest BCUT2D eigenvalue weighted by Crippen LogP contribution is 2.27. The summed E-state index contributed by atoms with van der Waals surface area (Å²) in [5.41, 5.74) is 5.99. The second-order valence-electron chi connectivity index (χ2n) is 3.79. The van der Waals surface area contributed by atoms with Crippen molar-refractivity contribution < 1.29 is 14.3 Å². The number of nitrogens with two attached hydrogens (primary N) is 1. The number of rotatable bonds is 4. The number of primary amides is 1. The summed E-state index contributed by atoms with van der Waals surface area (Å²) in [6, 6.07) is 11.5. The molecule has 0 aliphatic heterocycles. The van der Waals surface area contributed by atoms with E-state index in [0.29, 0.717) is 22.6 Å². The number of carbonyl (C=O) groups is 2. The van der Waals surface area contributed by atoms with Crippen LogP contribution in [0.3, 0.4) is 0 Å². The molecule has 0 radical (unpaired) electrons. The van der Waals surface area contributed by atoms with Crippen LogP contribution in [0.5, 0.6) is 11.5 Å². The molecule has 1 amide bonds. The van der Waals surface area contributed by atoms with E-state index in [9.17, 15) is 9.59 Å². The van der Waals surface area contributed by atoms with Crippen LogP contribution in [0.4, 0.5) is 0 Å². The molecular formula is C14H10BrNO3. The topological polar surface area (TPSA) is 69.4 Å². The van der Waals surface area contributed by atoms with E-state index in [2.05, 4.69) is 15.9 Å². The molecule has 0 saturated carbocycles. The van der Waals surface area contributed by atoms with E-state index in [0.717, 1.165) is 10.8 Å². The van der Waals surface area contributed by atoms with Crippen LogP contribution in [0.25, 0.3) is 0 Å². The van der Waals surface area contributed by atoms with E-state index in [4.69, 9.17) is 10.5 Å². The average molecular weight is 320 g/mol. The summed E-state index contributed by atoms with van der Waals surface area (Å²) in [5, 5.41) is 0. The molecule has 19 heavy (non-hydrogen) atoms. The molecule has 0 bridgehead atoms. The van der Waals surface area contributed by atoms with Gasteiger partial charge in [-0.25, -0.2) is 0 Å². The fourth-order valence-electron chi connectivity index (χ4n) is 1.52. The summed E-state index contributed by atoms with van der Waals surface area (Å²) < 4.78 is 6.38. The summed E-state index contributed by atoms with van der Waals surface area (Å²) >= 11 is 3.28. The first-order chi connectivity index (χ1) is 9.10. The predicted octanol–water partition coefficient (Wildman–Crippen LogP) is 3.15. The minimum absolute atomic E-state index is 0.402. The molecule has 96 valence electrons. The van der Waals surface area contributed by atoms with Gasteiger partial charge in [0.15, 0.2) is 6.29 Å². The molecule has 0 saturated heterocycles. The normalized spacial score (nSPS) is 9.95. The summed E-state index contributed by atoms with van der Waals surface area (Å²) in [5.74, 6) is 0.476. The molecular weight excluding hydrogens is 310 g/mol. The van der Waals surface area contributed by atoms with E-state index in [1.807, 2.05) is 0 Å². The molecule has 0 heterocycles. The highest BCUT2D eigenvalue weighted by Gasteiger charge is 2.06. The first-order valence-corrected chi connectivity index (χ1v) is 6.22. The van der Waals surface area contributed by atoms with Gasteiger partial charge >= 0.3 is 0 Å². The number of amides is 1. The monoisotopic (exact) mass is 319 g/mol. The Morgan fingerprint density at radius 3 is 2.42 bits per heavy atom. The van der Waals surface area contributed by atoms with Crippen LogP contribution in [0.1, 0.15) is 20.7 Å². The Bertz CT molecular complexity index is 623. The van der Waals surface area contributed by atoms with Gasteiger partial charge in [-0.05, 0) is 42.5 Å². The summed E-state index contributed by atoms with van der Waals surface area (Å²) in [4.78, 5) is 21.9. The van der Waals surface area contributed by atoms with Crippen molar-refractivity contribution in [3.8, 4) is 11.5 Å². The quantitative estimate of drug-likeness (QED) is 0.880. The van der Waals surface area contributed by atoms with Gasteiger partial charge in [0.1, 0.15) is 11.5 Å². The Morgan fingerprint density at radius 1 is 1.16 bits per heavy atom. The van der Waals surface area contributed by atoms with E-state index >= 15 is 0 Å². The average Bonchev–Trinajstić information content (AvgIpc) is 2.41. The number of aldehydes is 1. The zero-order chi connectivity index (χ0) is 13.8. The molecule has 2 aromatic carbocycles. The largest absolute Gasteiger partial charge is 0.457 e. The fourth-order valence-corrected chi connectivity index (χ4v) is 1.90. The lowest BCUT2D eigenvalue weighted by Crippen LogP contribution is -2.10. The van der Waals surface area contributed by atoms with Crippen molar-refractivity contribution in [2.75, 3.05) is 0 Å². The van der Waals surface area contributed by atoms with Crippen LogP contribution in [-0.4, -0.2) is 12.2 Å². The van der Waals surface area contributed by atoms with E-state index in [-0.39, 0.29) is 0 Å². The molecule has 0 spiro atoms. The second-order valence-corrected chi connectivity index (χ2v) is 4.71. The first-order valence-electron chi connectivity index (χ1n) is 5.42. The van der Waals surface area contributed by atoms with Crippen molar-refractivity contribution >= 4 is 28.1 Å². The zero-order valence-corrected chi connectivity index (χ0v) is 11.4. The number of hydrogen-bond donors (Lipinski definition) is 1. The molecule has 2 N–H and O–H groups in total. The van der Waals surface area contributed by atoms with Gasteiger partial charge in [0.05, 0.1) is 5.56 Å². The Kier molecular flexibility index (Phi) is 3.97. The number of hydrogen-bond acceptors (Lipinski definition) is 3. The van der Waals surface area contributed by atoms with Crippen molar-refractivity contribution in [3.63, 3.8) is 0 Å². The van der Waals surface area contributed by atoms with Crippen molar-refractivity contribution in [2.45, 2.75) is 0 Å². The maximum absolute atomic E-state index is 11.0. The maximum Gasteiger partial charge on any atom is 0.248 e. The summed E-state index contributed by atoms with van der Waals surface area (Å²) in [6.45, 7) is 0. The van der Waals surface area contributed by atoms with Gasteiger partial charge in [0.2, 0.25) is 5.91 Å². The van der Waals surface area contributed by atoms with E-state index < -0.39 is 5.91 Å². The second kappa shape index (κ2) is 5.67. The molecule has 0 atom stereocenters. The van der Waals surface area contributed by atoms with Crippen LogP contribution in [0.15, 0.2) is 46.9 Å². The van der Waals surface area contributed by atoms with Crippen LogP contribution in [0, 0.1) is 0 Å². The molecule has 0 aliphatic rings. The smallest absolute Gasteiger partial charge is 0.248 e. The lowest BCUT2D eigenvalue weighted by molar-refractivity contribution is 0.1000. The molecule has 2 rings (SSSR count). The van der Waals surface area contributed by atoms with E-state index in [1.54, 1.807) is 42.5 Å². The Labute approximate surface area is 118 Å². The molecule has 0 fully saturated rings. The van der Waals surface area contributed by atoms with Gasteiger partial charge in [0.25, 0.3) is 0 Å². The Morgan fingerprint density at radius 2 is 1.84 bits per heavy atom. The van der Waals surface area contributed by atoms with Crippen LogP contribution in [0.2, 0.25) is 0 Å². The number of ether oxygens (including phenoxy) is 1. The van der Waals surface area contributed by atoms with Crippen LogP contribution >= 0.6 is 15.9 Å². The standard InChI is InChI=1S/C14H10BrNO3/c15-11-3-6-13(10(7-11)8-17)19-12-4-1-9(2-5-12)14(16)18/h1-8H,(H2,16,18). The third-order valence-corrected chi connectivity index (χ3v) is 2.96. The lowest BCUT2D eigenvalue weighted by atomic mass is 10.2. The van der Waals surface area contributed by atoms with Crippen molar-refractivity contribution in [2.24, 2.45) is 5.73 Å². The zero-order valence-electron chi connectivity index (χ0n) is 9.80. The van der Waals surface area contributed by atoms with Gasteiger partial charge in [-0.2, -0.15) is 0 Å². The number of benzene rings is 2. The number of halogens is 1. The van der Waals surface area contributed by atoms with Crippen molar-refractivity contribution in [1.29, 1.82) is 0 Å². The minimum Gasteiger partial charge on any atom is -0.457 e. The SMILES string of the molecule is NC(=O)c1ccc(Oc2ccc(Br)cc2C=O)cc1. The summed E-state index contributed by atoms with van der Waals surface area (Å²) in [7, 11) is 0. The molecule has 0 aliphatic carbocycles.